The van der Waals surface area contributed by atoms with Crippen LogP contribution in [-0.4, -0.2) is 0 Å². The molecule has 0 aromatic carbocycles. The van der Waals surface area contributed by atoms with Crippen LogP contribution in [0.4, 0.5) is 0 Å². The lowest BCUT2D eigenvalue weighted by molar-refractivity contribution is 0.364. The van der Waals surface area contributed by atoms with Crippen LogP contribution in [0.5, 0.6) is 0 Å². The highest BCUT2D eigenvalue weighted by molar-refractivity contribution is 5.27. The van der Waals surface area contributed by atoms with Gasteiger partial charge in [-0.15, -0.1) is 0 Å². The third-order valence-electron chi connectivity index (χ3n) is 7.97. The molecule has 0 saturated heterocycles. The Hall–Kier alpha value is -0.520. The van der Waals surface area contributed by atoms with Crippen molar-refractivity contribution in [2.75, 3.05) is 0 Å². The van der Waals surface area contributed by atoms with E-state index in [-0.39, 0.29) is 0 Å². The zero-order valence-corrected chi connectivity index (χ0v) is 13.5. The van der Waals surface area contributed by atoms with Crippen molar-refractivity contribution in [1.82, 2.24) is 0 Å². The number of fused-ring (bicyclic) bond motifs is 2. The molecule has 0 heteroatoms. The third-order valence-corrected chi connectivity index (χ3v) is 7.97. The molecule has 1 spiro atoms. The molecule has 3 fully saturated rings. The van der Waals surface area contributed by atoms with Crippen molar-refractivity contribution in [3.63, 3.8) is 0 Å². The van der Waals surface area contributed by atoms with Crippen LogP contribution in [0.25, 0.3) is 0 Å². The van der Waals surface area contributed by atoms with Crippen LogP contribution < -0.4 is 0 Å². The molecule has 0 aromatic heterocycles. The minimum Gasteiger partial charge on any atom is -0.0848 e. The monoisotopic (exact) mass is 270 g/mol. The van der Waals surface area contributed by atoms with Crippen LogP contribution in [-0.2, 0) is 0 Å². The fourth-order valence-electron chi connectivity index (χ4n) is 6.02. The number of allylic oxidation sites excluding steroid dienone is 4. The largest absolute Gasteiger partial charge is 0.0848 e. The maximum atomic E-state index is 2.50. The van der Waals surface area contributed by atoms with Gasteiger partial charge in [-0.25, -0.2) is 0 Å². The molecule has 0 heterocycles. The molecule has 0 radical (unpaired) electrons. The smallest absolute Gasteiger partial charge is 0.0143 e. The van der Waals surface area contributed by atoms with Crippen LogP contribution in [0.2, 0.25) is 0 Å². The molecule has 0 N–H and O–H groups in total. The molecule has 20 heavy (non-hydrogen) atoms. The highest BCUT2D eigenvalue weighted by Crippen LogP contribution is 2.71. The Morgan fingerprint density at radius 1 is 0.650 bits per heavy atom. The Morgan fingerprint density at radius 2 is 1.10 bits per heavy atom. The maximum Gasteiger partial charge on any atom is -0.0143 e. The topological polar surface area (TPSA) is 0 Å². The Labute approximate surface area is 124 Å². The predicted octanol–water partition coefficient (Wildman–Crippen LogP) is 5.32. The van der Waals surface area contributed by atoms with Crippen molar-refractivity contribution in [2.45, 2.75) is 47.0 Å². The van der Waals surface area contributed by atoms with Gasteiger partial charge in [0.25, 0.3) is 0 Å². The van der Waals surface area contributed by atoms with Crippen molar-refractivity contribution in [1.29, 1.82) is 0 Å². The SMILES string of the molecule is C[C@@H]1C2C=CC(C2)[C@@H]1C.C[C@@H]1C2C=CC([C@@H]1C)C21CC1. The number of hydrogen-bond donors (Lipinski definition) is 0. The fourth-order valence-corrected chi connectivity index (χ4v) is 6.02. The lowest BCUT2D eigenvalue weighted by Crippen LogP contribution is -2.12. The van der Waals surface area contributed by atoms with Gasteiger partial charge in [0.15, 0.2) is 0 Å². The van der Waals surface area contributed by atoms with Crippen molar-refractivity contribution >= 4 is 0 Å². The summed E-state index contributed by atoms with van der Waals surface area (Å²) in [6.45, 7) is 9.66. The zero-order chi connectivity index (χ0) is 14.1. The van der Waals surface area contributed by atoms with Crippen molar-refractivity contribution in [3.8, 4) is 0 Å². The molecular weight excluding hydrogens is 240 g/mol. The van der Waals surface area contributed by atoms with Crippen LogP contribution in [0.3, 0.4) is 0 Å². The summed E-state index contributed by atoms with van der Waals surface area (Å²) in [4.78, 5) is 0. The average molecular weight is 270 g/mol. The van der Waals surface area contributed by atoms with Gasteiger partial charge in [-0.2, -0.15) is 0 Å². The van der Waals surface area contributed by atoms with E-state index >= 15 is 0 Å². The van der Waals surface area contributed by atoms with Gasteiger partial charge >= 0.3 is 0 Å². The molecule has 5 aliphatic rings. The highest BCUT2D eigenvalue weighted by Gasteiger charge is 2.64. The second-order valence-corrected chi connectivity index (χ2v) is 8.55. The van der Waals surface area contributed by atoms with Gasteiger partial charge in [-0.3, -0.25) is 0 Å². The first-order valence-corrected chi connectivity index (χ1v) is 8.91. The molecular formula is C20H30. The minimum atomic E-state index is 0.804. The van der Waals surface area contributed by atoms with Gasteiger partial charge in [0.05, 0.1) is 0 Å². The summed E-state index contributed by atoms with van der Waals surface area (Å²) < 4.78 is 0. The van der Waals surface area contributed by atoms with E-state index in [0.717, 1.165) is 52.8 Å². The van der Waals surface area contributed by atoms with E-state index in [1.807, 2.05) is 0 Å². The molecule has 0 nitrogen and oxygen atoms in total. The zero-order valence-electron chi connectivity index (χ0n) is 13.5. The van der Waals surface area contributed by atoms with Crippen LogP contribution in [0, 0.1) is 52.8 Å². The molecule has 5 rings (SSSR count). The molecule has 4 bridgehead atoms. The predicted molar refractivity (Wildman–Crippen MR) is 85.2 cm³/mol. The second kappa shape index (κ2) is 4.24. The molecule has 5 aliphatic carbocycles. The van der Waals surface area contributed by atoms with E-state index < -0.39 is 0 Å². The summed E-state index contributed by atoms with van der Waals surface area (Å²) in [6, 6.07) is 0. The normalized spacial score (nSPS) is 55.4. The van der Waals surface area contributed by atoms with E-state index in [1.165, 1.54) is 19.3 Å². The maximum absolute atomic E-state index is 2.50. The lowest BCUT2D eigenvalue weighted by atomic mass is 9.86. The van der Waals surface area contributed by atoms with E-state index in [0.29, 0.717) is 0 Å². The second-order valence-electron chi connectivity index (χ2n) is 8.55. The number of rotatable bonds is 0. The average Bonchev–Trinajstić information content (AvgIpc) is 2.77. The molecule has 8 atom stereocenters. The number of hydrogen-bond acceptors (Lipinski definition) is 0. The van der Waals surface area contributed by atoms with E-state index in [1.54, 1.807) is 0 Å². The molecule has 0 aliphatic heterocycles. The first-order valence-electron chi connectivity index (χ1n) is 8.91. The Balaban J connectivity index is 0.000000108. The Bertz CT molecular complexity index is 417. The standard InChI is InChI=1S/C11H16.C9H14/c1-7-8(2)10-4-3-9(7)11(10)5-6-11;1-6-7(2)9-4-3-8(6)5-9/h3-4,7-10H,5-6H2,1-2H3;3-4,6-9H,5H2,1-2H3/t7-,8+,9?,10?;6-,7+,8?,9?. The summed E-state index contributed by atoms with van der Waals surface area (Å²) in [7, 11) is 0. The van der Waals surface area contributed by atoms with Crippen LogP contribution >= 0.6 is 0 Å². The van der Waals surface area contributed by atoms with E-state index in [4.69, 9.17) is 0 Å². The van der Waals surface area contributed by atoms with Crippen LogP contribution in [0.15, 0.2) is 24.3 Å². The van der Waals surface area contributed by atoms with Crippen molar-refractivity contribution < 1.29 is 0 Å². The first-order chi connectivity index (χ1) is 9.54. The first kappa shape index (κ1) is 13.2. The highest BCUT2D eigenvalue weighted by atomic mass is 14.7. The quantitative estimate of drug-likeness (QED) is 0.523. The van der Waals surface area contributed by atoms with E-state index in [9.17, 15) is 0 Å². The minimum absolute atomic E-state index is 0.804. The van der Waals surface area contributed by atoms with Gasteiger partial charge in [0.2, 0.25) is 0 Å². The summed E-state index contributed by atoms with van der Waals surface area (Å²) in [6.07, 6.45) is 14.3. The van der Waals surface area contributed by atoms with Gasteiger partial charge in [0.1, 0.15) is 0 Å². The summed E-state index contributed by atoms with van der Waals surface area (Å²) in [5, 5.41) is 0. The summed E-state index contributed by atoms with van der Waals surface area (Å²) in [5.41, 5.74) is 0.804. The van der Waals surface area contributed by atoms with Gasteiger partial charge in [-0.05, 0) is 72.0 Å². The van der Waals surface area contributed by atoms with Crippen molar-refractivity contribution in [2.24, 2.45) is 52.8 Å². The van der Waals surface area contributed by atoms with Gasteiger partial charge in [-0.1, -0.05) is 52.0 Å². The Kier molecular flexibility index (Phi) is 2.79. The molecule has 4 unspecified atom stereocenters. The van der Waals surface area contributed by atoms with Crippen molar-refractivity contribution in [3.05, 3.63) is 24.3 Å². The van der Waals surface area contributed by atoms with Gasteiger partial charge < -0.3 is 0 Å². The Morgan fingerprint density at radius 3 is 1.35 bits per heavy atom. The molecule has 110 valence electrons. The fraction of sp³-hybridized carbons (Fsp3) is 0.800. The summed E-state index contributed by atoms with van der Waals surface area (Å²) in [5.74, 6) is 7.64. The van der Waals surface area contributed by atoms with E-state index in [2.05, 4.69) is 52.0 Å². The third kappa shape index (κ3) is 1.60. The molecule has 3 saturated carbocycles. The van der Waals surface area contributed by atoms with Gasteiger partial charge in [0, 0.05) is 0 Å². The van der Waals surface area contributed by atoms with Crippen LogP contribution in [0.1, 0.15) is 47.0 Å². The summed E-state index contributed by atoms with van der Waals surface area (Å²) >= 11 is 0. The molecule has 0 aromatic rings. The lowest BCUT2D eigenvalue weighted by Gasteiger charge is -2.19. The molecule has 0 amide bonds.